The Hall–Kier alpha value is 0.130. The Morgan fingerprint density at radius 3 is 2.25 bits per heavy atom. The molecule has 0 heterocycles. The molecule has 1 aromatic carbocycles. The van der Waals surface area contributed by atoms with Gasteiger partial charge in [0, 0.05) is 5.33 Å². The van der Waals surface area contributed by atoms with E-state index in [1.54, 1.807) is 24.3 Å². The lowest BCUT2D eigenvalue weighted by Crippen LogP contribution is -1.94. The summed E-state index contributed by atoms with van der Waals surface area (Å²) in [5.41, 5.74) is 0.759. The molecule has 0 saturated heterocycles. The molecule has 2 nitrogen and oxygen atoms in total. The van der Waals surface area contributed by atoms with E-state index in [1.807, 2.05) is 0 Å². The first kappa shape index (κ1) is 10.2. The molecule has 1 aromatic rings. The van der Waals surface area contributed by atoms with Crippen molar-refractivity contribution >= 4 is 39.0 Å². The van der Waals surface area contributed by atoms with Crippen LogP contribution in [0.2, 0.25) is 0 Å². The number of hydrogen-bond donors (Lipinski definition) is 0. The number of benzene rings is 1. The minimum absolute atomic E-state index is 0.321. The molecule has 12 heavy (non-hydrogen) atoms. The maximum Gasteiger partial charge on any atom is 0.237 e. The zero-order valence-corrected chi connectivity index (χ0v) is 9.99. The molecule has 0 radical (unpaired) electrons. The maximum atomic E-state index is 11.1. The van der Waals surface area contributed by atoms with Gasteiger partial charge in [-0.1, -0.05) is 34.1 Å². The van der Waals surface area contributed by atoms with E-state index in [1.165, 1.54) is 0 Å². The van der Waals surface area contributed by atoms with Gasteiger partial charge >= 0.3 is 0 Å². The van der Waals surface area contributed by atoms with Gasteiger partial charge in [-0.15, -0.1) is 0 Å². The molecule has 0 bridgehead atoms. The molecule has 0 aliphatic carbocycles. The molecular formula is C7H6Br2O2S. The van der Waals surface area contributed by atoms with Crippen molar-refractivity contribution in [2.24, 2.45) is 0 Å². The van der Waals surface area contributed by atoms with Gasteiger partial charge in [-0.3, -0.25) is 0 Å². The second-order valence-corrected chi connectivity index (χ2v) is 6.61. The highest BCUT2D eigenvalue weighted by atomic mass is 79.9. The molecule has 1 rings (SSSR count). The van der Waals surface area contributed by atoms with E-state index >= 15 is 0 Å². The normalized spacial score (nSPS) is 11.5. The van der Waals surface area contributed by atoms with Crippen molar-refractivity contribution < 1.29 is 8.42 Å². The van der Waals surface area contributed by atoms with Crippen LogP contribution in [-0.4, -0.2) is 8.42 Å². The predicted molar refractivity (Wildman–Crippen MR) is 55.2 cm³/mol. The zero-order valence-electron chi connectivity index (χ0n) is 6.00. The summed E-state index contributed by atoms with van der Waals surface area (Å²) in [5.74, 6) is 0. The van der Waals surface area contributed by atoms with Crippen LogP contribution >= 0.6 is 30.7 Å². The lowest BCUT2D eigenvalue weighted by atomic mass is 10.2. The average molecular weight is 314 g/mol. The molecule has 0 unspecified atom stereocenters. The van der Waals surface area contributed by atoms with Crippen molar-refractivity contribution in [3.8, 4) is 0 Å². The van der Waals surface area contributed by atoms with E-state index in [2.05, 4.69) is 30.7 Å². The lowest BCUT2D eigenvalue weighted by Gasteiger charge is -2.01. The largest absolute Gasteiger partial charge is 0.237 e. The highest BCUT2D eigenvalue weighted by Crippen LogP contribution is 2.22. The molecule has 0 aliphatic heterocycles. The summed E-state index contributed by atoms with van der Waals surface area (Å²) in [6.07, 6.45) is 0. The molecule has 5 heteroatoms. The van der Waals surface area contributed by atoms with Crippen molar-refractivity contribution in [3.05, 3.63) is 29.8 Å². The molecule has 0 aliphatic rings. The van der Waals surface area contributed by atoms with Crippen molar-refractivity contribution in [1.29, 1.82) is 0 Å². The first-order chi connectivity index (χ1) is 5.55. The summed E-state index contributed by atoms with van der Waals surface area (Å²) >= 11 is 5.85. The van der Waals surface area contributed by atoms with E-state index in [4.69, 9.17) is 0 Å². The van der Waals surface area contributed by atoms with E-state index in [0.29, 0.717) is 10.2 Å². The molecule has 0 amide bonds. The lowest BCUT2D eigenvalue weighted by molar-refractivity contribution is 0.611. The summed E-state index contributed by atoms with van der Waals surface area (Å²) in [6, 6.07) is 6.84. The molecule has 0 aromatic heterocycles. The van der Waals surface area contributed by atoms with Crippen LogP contribution < -0.4 is 0 Å². The smallest absolute Gasteiger partial charge is 0.212 e. The van der Waals surface area contributed by atoms with Gasteiger partial charge in [0.25, 0.3) is 0 Å². The second-order valence-electron chi connectivity index (χ2n) is 2.18. The standard InChI is InChI=1S/C7H6Br2O2S/c8-5-6-3-1-2-4-7(6)12(9,10)11/h1-4H,5H2. The second kappa shape index (κ2) is 3.89. The molecule has 0 N–H and O–H groups in total. The summed E-state index contributed by atoms with van der Waals surface area (Å²) < 4.78 is 22.2. The minimum Gasteiger partial charge on any atom is -0.212 e. The third kappa shape index (κ3) is 2.31. The van der Waals surface area contributed by atoms with Gasteiger partial charge in [-0.05, 0) is 11.6 Å². The molecule has 0 spiro atoms. The van der Waals surface area contributed by atoms with E-state index < -0.39 is 8.27 Å². The Labute approximate surface area is 87.2 Å². The van der Waals surface area contributed by atoms with Crippen LogP contribution in [0.5, 0.6) is 0 Å². The Bertz CT molecular complexity index is 373. The molecule has 0 atom stereocenters. The van der Waals surface area contributed by atoms with Crippen LogP contribution in [0.15, 0.2) is 29.2 Å². The summed E-state index contributed by atoms with van der Waals surface area (Å²) in [4.78, 5) is 0.321. The highest BCUT2D eigenvalue weighted by Gasteiger charge is 2.12. The Balaban J connectivity index is 3.33. The fourth-order valence-electron chi connectivity index (χ4n) is 0.852. The molecule has 0 fully saturated rings. The topological polar surface area (TPSA) is 34.1 Å². The average Bonchev–Trinajstić information content (AvgIpc) is 2.03. The minimum atomic E-state index is -3.26. The molecule has 66 valence electrons. The van der Waals surface area contributed by atoms with Crippen LogP contribution in [0.3, 0.4) is 0 Å². The SMILES string of the molecule is O=S(=O)(Br)c1ccccc1CBr. The molecule has 0 saturated carbocycles. The van der Waals surface area contributed by atoms with Crippen molar-refractivity contribution in [3.63, 3.8) is 0 Å². The first-order valence-electron chi connectivity index (χ1n) is 3.14. The van der Waals surface area contributed by atoms with Crippen LogP contribution in [0.4, 0.5) is 0 Å². The quantitative estimate of drug-likeness (QED) is 0.621. The van der Waals surface area contributed by atoms with Crippen molar-refractivity contribution in [2.45, 2.75) is 10.2 Å². The van der Waals surface area contributed by atoms with Gasteiger partial charge < -0.3 is 0 Å². The zero-order chi connectivity index (χ0) is 9.19. The maximum absolute atomic E-state index is 11.1. The van der Waals surface area contributed by atoms with Gasteiger partial charge in [0.15, 0.2) is 0 Å². The Kier molecular flexibility index (Phi) is 3.31. The third-order valence-corrected chi connectivity index (χ3v) is 3.95. The van der Waals surface area contributed by atoms with Crippen LogP contribution in [-0.2, 0) is 13.6 Å². The number of hydrogen-bond acceptors (Lipinski definition) is 2. The monoisotopic (exact) mass is 312 g/mol. The third-order valence-electron chi connectivity index (χ3n) is 1.38. The van der Waals surface area contributed by atoms with Crippen LogP contribution in [0.25, 0.3) is 0 Å². The van der Waals surface area contributed by atoms with Gasteiger partial charge in [0.2, 0.25) is 8.27 Å². The van der Waals surface area contributed by atoms with Gasteiger partial charge in [0.05, 0.1) is 19.7 Å². The van der Waals surface area contributed by atoms with Crippen LogP contribution in [0.1, 0.15) is 5.56 Å². The molecular weight excluding hydrogens is 308 g/mol. The van der Waals surface area contributed by atoms with Gasteiger partial charge in [-0.25, -0.2) is 8.42 Å². The van der Waals surface area contributed by atoms with E-state index in [0.717, 1.165) is 5.56 Å². The Morgan fingerprint density at radius 1 is 1.25 bits per heavy atom. The first-order valence-corrected chi connectivity index (χ1v) is 7.59. The van der Waals surface area contributed by atoms with Crippen molar-refractivity contribution in [2.75, 3.05) is 0 Å². The predicted octanol–water partition coefficient (Wildman–Crippen LogP) is 2.67. The van der Waals surface area contributed by atoms with Gasteiger partial charge in [-0.2, -0.15) is 0 Å². The highest BCUT2D eigenvalue weighted by molar-refractivity contribution is 9.47. The van der Waals surface area contributed by atoms with E-state index in [9.17, 15) is 8.42 Å². The fourth-order valence-corrected chi connectivity index (χ4v) is 3.17. The number of rotatable bonds is 2. The van der Waals surface area contributed by atoms with Gasteiger partial charge in [0.1, 0.15) is 0 Å². The summed E-state index contributed by atoms with van der Waals surface area (Å²) in [7, 11) is -3.26. The Morgan fingerprint density at radius 2 is 1.83 bits per heavy atom. The van der Waals surface area contributed by atoms with E-state index in [-0.39, 0.29) is 0 Å². The summed E-state index contributed by atoms with van der Waals surface area (Å²) in [5, 5.41) is 0.536. The number of halogens is 2. The summed E-state index contributed by atoms with van der Waals surface area (Å²) in [6.45, 7) is 0. The van der Waals surface area contributed by atoms with Crippen molar-refractivity contribution in [1.82, 2.24) is 0 Å². The fraction of sp³-hybridized carbons (Fsp3) is 0.143. The number of alkyl halides is 1. The van der Waals surface area contributed by atoms with Crippen LogP contribution in [0, 0.1) is 0 Å².